The van der Waals surface area contributed by atoms with Crippen molar-refractivity contribution in [3.8, 4) is 6.19 Å². The van der Waals surface area contributed by atoms with Crippen LogP contribution in [-0.4, -0.2) is 18.2 Å². The normalized spacial score (nSPS) is 14.8. The van der Waals surface area contributed by atoms with Crippen molar-refractivity contribution in [2.75, 3.05) is 6.54 Å². The van der Waals surface area contributed by atoms with Gasteiger partial charge in [0.25, 0.3) is 0 Å². The van der Waals surface area contributed by atoms with Crippen LogP contribution < -0.4 is 5.32 Å². The molecule has 1 N–H and O–H groups in total. The van der Waals surface area contributed by atoms with Gasteiger partial charge in [-0.2, -0.15) is 5.26 Å². The molecule has 0 unspecified atom stereocenters. The molecule has 0 radical (unpaired) electrons. The van der Waals surface area contributed by atoms with E-state index in [0.29, 0.717) is 12.4 Å². The third kappa shape index (κ3) is 3.92. The molecule has 4 heteroatoms. The molecule has 0 saturated heterocycles. The number of Topliss-reactive ketones (excluding diaryl/α,β-unsaturated/α-hetero) is 1. The van der Waals surface area contributed by atoms with Crippen LogP contribution in [0.15, 0.2) is 29.3 Å². The largest absolute Gasteiger partial charge is 0.294 e. The van der Waals surface area contributed by atoms with Crippen LogP contribution in [0.2, 0.25) is 0 Å². The zero-order valence-electron chi connectivity index (χ0n) is 11.0. The van der Waals surface area contributed by atoms with Gasteiger partial charge in [-0.1, -0.05) is 24.3 Å². The first-order valence-corrected chi connectivity index (χ1v) is 6.50. The summed E-state index contributed by atoms with van der Waals surface area (Å²) in [6.07, 6.45) is 4.73. The molecule has 1 fully saturated rings. The number of hydrogen-bond acceptors (Lipinski definition) is 3. The average Bonchev–Trinajstić information content (AvgIpc) is 3.23. The molecule has 1 aromatic rings. The Labute approximate surface area is 113 Å². The van der Waals surface area contributed by atoms with Crippen molar-refractivity contribution < 1.29 is 4.79 Å². The number of nitrogens with zero attached hydrogens (tertiary/aromatic N) is 2. The first kappa shape index (κ1) is 13.3. The molecule has 0 spiro atoms. The predicted octanol–water partition coefficient (Wildman–Crippen LogP) is 2.31. The summed E-state index contributed by atoms with van der Waals surface area (Å²) in [5.41, 5.74) is 1.97. The van der Waals surface area contributed by atoms with Crippen molar-refractivity contribution in [3.63, 3.8) is 0 Å². The maximum absolute atomic E-state index is 11.8. The number of carbonyl (C=O) groups is 1. The first-order chi connectivity index (χ1) is 9.20. The van der Waals surface area contributed by atoms with E-state index in [1.54, 1.807) is 6.92 Å². The van der Waals surface area contributed by atoms with Gasteiger partial charge in [-0.05, 0) is 31.7 Å². The lowest BCUT2D eigenvalue weighted by molar-refractivity contribution is 0.0967. The van der Waals surface area contributed by atoms with Gasteiger partial charge < -0.3 is 0 Å². The topological polar surface area (TPSA) is 65.2 Å². The number of nitrogens with one attached hydrogen (secondary N) is 1. The van der Waals surface area contributed by atoms with Gasteiger partial charge in [0, 0.05) is 18.0 Å². The van der Waals surface area contributed by atoms with Crippen molar-refractivity contribution >= 4 is 11.6 Å². The number of aliphatic imine (C=N–C) groups is 1. The van der Waals surface area contributed by atoms with Gasteiger partial charge in [0.15, 0.2) is 12.0 Å². The van der Waals surface area contributed by atoms with Crippen LogP contribution in [0.3, 0.4) is 0 Å². The van der Waals surface area contributed by atoms with Gasteiger partial charge in [-0.15, -0.1) is 0 Å². The minimum absolute atomic E-state index is 0.273. The molecule has 4 nitrogen and oxygen atoms in total. The second-order valence-electron chi connectivity index (χ2n) is 4.79. The maximum atomic E-state index is 11.8. The van der Waals surface area contributed by atoms with E-state index < -0.39 is 0 Å². The second-order valence-corrected chi connectivity index (χ2v) is 4.79. The molecule has 0 aromatic heterocycles. The summed E-state index contributed by atoms with van der Waals surface area (Å²) in [6, 6.07) is 7.77. The fourth-order valence-corrected chi connectivity index (χ4v) is 1.89. The molecule has 0 aliphatic heterocycles. The van der Waals surface area contributed by atoms with Crippen molar-refractivity contribution in [1.82, 2.24) is 5.32 Å². The fraction of sp³-hybridized carbons (Fsp3) is 0.400. The Morgan fingerprint density at radius 2 is 2.11 bits per heavy atom. The number of carbonyl (C=O) groups excluding carboxylic acids is 1. The van der Waals surface area contributed by atoms with E-state index in [0.717, 1.165) is 30.4 Å². The van der Waals surface area contributed by atoms with Crippen LogP contribution in [0.5, 0.6) is 0 Å². The third-order valence-corrected chi connectivity index (χ3v) is 3.17. The minimum atomic E-state index is 0.273. The number of nitriles is 1. The zero-order valence-corrected chi connectivity index (χ0v) is 11.0. The molecule has 1 aromatic carbocycles. The second kappa shape index (κ2) is 6.14. The van der Waals surface area contributed by atoms with Crippen molar-refractivity contribution in [2.24, 2.45) is 10.9 Å². The Kier molecular flexibility index (Phi) is 4.30. The Morgan fingerprint density at radius 3 is 2.68 bits per heavy atom. The van der Waals surface area contributed by atoms with Gasteiger partial charge >= 0.3 is 0 Å². The molecule has 1 saturated carbocycles. The van der Waals surface area contributed by atoms with E-state index in [9.17, 15) is 4.79 Å². The highest BCUT2D eigenvalue weighted by molar-refractivity contribution is 5.99. The van der Waals surface area contributed by atoms with Gasteiger partial charge in [0.2, 0.25) is 0 Å². The smallest absolute Gasteiger partial charge is 0.182 e. The molecule has 1 aliphatic carbocycles. The van der Waals surface area contributed by atoms with Gasteiger partial charge in [-0.3, -0.25) is 15.1 Å². The molecule has 98 valence electrons. The highest BCUT2D eigenvalue weighted by Crippen LogP contribution is 2.32. The fourth-order valence-electron chi connectivity index (χ4n) is 1.89. The molecule has 0 bridgehead atoms. The maximum Gasteiger partial charge on any atom is 0.182 e. The van der Waals surface area contributed by atoms with Crippen molar-refractivity contribution in [3.05, 3.63) is 35.4 Å². The molecule has 0 heterocycles. The SMILES string of the molecule is CC(=NCCc1ccc(C(=O)C2CC2)cc1)NC#N. The highest BCUT2D eigenvalue weighted by Gasteiger charge is 2.30. The zero-order chi connectivity index (χ0) is 13.7. The highest BCUT2D eigenvalue weighted by atomic mass is 16.1. The molecule has 19 heavy (non-hydrogen) atoms. The summed E-state index contributed by atoms with van der Waals surface area (Å²) < 4.78 is 0. The number of rotatable bonds is 5. The quantitative estimate of drug-likeness (QED) is 0.289. The third-order valence-electron chi connectivity index (χ3n) is 3.17. The lowest BCUT2D eigenvalue weighted by Crippen LogP contribution is -2.13. The predicted molar refractivity (Wildman–Crippen MR) is 73.9 cm³/mol. The summed E-state index contributed by atoms with van der Waals surface area (Å²) >= 11 is 0. The van der Waals surface area contributed by atoms with Gasteiger partial charge in [0.05, 0.1) is 0 Å². The van der Waals surface area contributed by atoms with E-state index in [2.05, 4.69) is 10.3 Å². The van der Waals surface area contributed by atoms with Crippen molar-refractivity contribution in [1.29, 1.82) is 5.26 Å². The Balaban J connectivity index is 1.87. The Bertz CT molecular complexity index is 521. The van der Waals surface area contributed by atoms with Crippen LogP contribution in [0.1, 0.15) is 35.7 Å². The summed E-state index contributed by atoms with van der Waals surface area (Å²) in [5.74, 6) is 1.18. The summed E-state index contributed by atoms with van der Waals surface area (Å²) in [4.78, 5) is 16.1. The van der Waals surface area contributed by atoms with Gasteiger partial charge in [0.1, 0.15) is 5.84 Å². The monoisotopic (exact) mass is 255 g/mol. The number of amidine groups is 1. The Morgan fingerprint density at radius 1 is 1.42 bits per heavy atom. The summed E-state index contributed by atoms with van der Waals surface area (Å²) in [5, 5.41) is 10.9. The van der Waals surface area contributed by atoms with E-state index in [1.807, 2.05) is 30.5 Å². The standard InChI is InChI=1S/C15H17N3O/c1-11(18-10-16)17-9-8-12-2-4-13(5-3-12)15(19)14-6-7-14/h2-5,14H,6-9H2,1H3,(H,17,18). The molecule has 0 amide bonds. The molecular formula is C15H17N3O. The number of hydrogen-bond donors (Lipinski definition) is 1. The summed E-state index contributed by atoms with van der Waals surface area (Å²) in [7, 11) is 0. The van der Waals surface area contributed by atoms with E-state index in [4.69, 9.17) is 5.26 Å². The van der Waals surface area contributed by atoms with Crippen molar-refractivity contribution in [2.45, 2.75) is 26.2 Å². The van der Waals surface area contributed by atoms with Crippen LogP contribution >= 0.6 is 0 Å². The summed E-state index contributed by atoms with van der Waals surface area (Å²) in [6.45, 7) is 2.40. The van der Waals surface area contributed by atoms with E-state index in [1.165, 1.54) is 0 Å². The number of ketones is 1. The molecular weight excluding hydrogens is 238 g/mol. The van der Waals surface area contributed by atoms with Crippen LogP contribution in [0, 0.1) is 17.4 Å². The molecule has 0 atom stereocenters. The molecule has 1 aliphatic rings. The van der Waals surface area contributed by atoms with E-state index >= 15 is 0 Å². The van der Waals surface area contributed by atoms with Gasteiger partial charge in [-0.25, -0.2) is 0 Å². The minimum Gasteiger partial charge on any atom is -0.294 e. The lowest BCUT2D eigenvalue weighted by Gasteiger charge is -2.02. The lowest BCUT2D eigenvalue weighted by atomic mass is 10.0. The van der Waals surface area contributed by atoms with Crippen LogP contribution in [0.4, 0.5) is 0 Å². The molecule has 2 rings (SSSR count). The first-order valence-electron chi connectivity index (χ1n) is 6.50. The number of benzene rings is 1. The average molecular weight is 255 g/mol. The van der Waals surface area contributed by atoms with Crippen LogP contribution in [-0.2, 0) is 6.42 Å². The Hall–Kier alpha value is -2.15. The van der Waals surface area contributed by atoms with E-state index in [-0.39, 0.29) is 11.7 Å². The van der Waals surface area contributed by atoms with Crippen LogP contribution in [0.25, 0.3) is 0 Å².